The zero-order valence-electron chi connectivity index (χ0n) is 18.4. The van der Waals surface area contributed by atoms with E-state index in [9.17, 15) is 4.79 Å². The minimum absolute atomic E-state index is 0.169. The highest BCUT2D eigenvalue weighted by molar-refractivity contribution is 7.99. The molecule has 0 bridgehead atoms. The fourth-order valence-corrected chi connectivity index (χ4v) is 4.94. The first-order valence-corrected chi connectivity index (χ1v) is 13.0. The fraction of sp³-hybridized carbons (Fsp3) is 0.217. The van der Waals surface area contributed by atoms with Gasteiger partial charge in [-0.15, -0.1) is 21.5 Å². The van der Waals surface area contributed by atoms with Crippen LogP contribution in [0, 0.1) is 6.92 Å². The van der Waals surface area contributed by atoms with E-state index in [1.54, 1.807) is 6.07 Å². The summed E-state index contributed by atoms with van der Waals surface area (Å²) in [5.74, 6) is 1.27. The van der Waals surface area contributed by atoms with Gasteiger partial charge >= 0.3 is 0 Å². The molecular formula is C23H21Cl2N5O2S2. The molecule has 0 radical (unpaired) electrons. The summed E-state index contributed by atoms with van der Waals surface area (Å²) in [6.45, 7) is 4.84. The maximum absolute atomic E-state index is 12.5. The Morgan fingerprint density at radius 2 is 1.97 bits per heavy atom. The molecule has 0 aliphatic carbocycles. The molecule has 0 spiro atoms. The number of thioether (sulfide) groups is 1. The van der Waals surface area contributed by atoms with Gasteiger partial charge in [-0.2, -0.15) is 0 Å². The SMILES string of the molecule is CCn1c(COc2cc(C)ccc2Cl)nnc1SCC(=O)Nc1nc(-c2ccc(Cl)cc2)cs1. The molecular weight excluding hydrogens is 513 g/mol. The van der Waals surface area contributed by atoms with Crippen molar-refractivity contribution in [3.8, 4) is 17.0 Å². The molecule has 11 heteroatoms. The number of amides is 1. The Labute approximate surface area is 215 Å². The summed E-state index contributed by atoms with van der Waals surface area (Å²) in [5, 5.41) is 15.6. The second-order valence-electron chi connectivity index (χ2n) is 7.25. The van der Waals surface area contributed by atoms with Crippen molar-refractivity contribution < 1.29 is 9.53 Å². The van der Waals surface area contributed by atoms with E-state index in [1.165, 1.54) is 23.1 Å². The number of nitrogens with one attached hydrogen (secondary N) is 1. The number of benzene rings is 2. The first-order valence-electron chi connectivity index (χ1n) is 10.4. The third-order valence-corrected chi connectivity index (χ3v) is 7.06. The minimum Gasteiger partial charge on any atom is -0.484 e. The molecule has 176 valence electrons. The third-order valence-electron chi connectivity index (χ3n) is 4.78. The van der Waals surface area contributed by atoms with Gasteiger partial charge in [-0.3, -0.25) is 4.79 Å². The number of hydrogen-bond acceptors (Lipinski definition) is 7. The lowest BCUT2D eigenvalue weighted by atomic mass is 10.2. The molecule has 1 amide bonds. The lowest BCUT2D eigenvalue weighted by molar-refractivity contribution is -0.113. The van der Waals surface area contributed by atoms with Crippen molar-refractivity contribution in [2.45, 2.75) is 32.2 Å². The van der Waals surface area contributed by atoms with Crippen LogP contribution < -0.4 is 10.1 Å². The van der Waals surface area contributed by atoms with Crippen LogP contribution in [-0.2, 0) is 17.9 Å². The van der Waals surface area contributed by atoms with Gasteiger partial charge in [-0.1, -0.05) is 53.2 Å². The number of nitrogens with zero attached hydrogens (tertiary/aromatic N) is 4. The molecule has 4 rings (SSSR count). The van der Waals surface area contributed by atoms with Gasteiger partial charge < -0.3 is 14.6 Å². The Hall–Kier alpha value is -2.59. The van der Waals surface area contributed by atoms with E-state index in [0.29, 0.717) is 38.5 Å². The summed E-state index contributed by atoms with van der Waals surface area (Å²) in [5.41, 5.74) is 2.78. The number of aryl methyl sites for hydroxylation is 1. The van der Waals surface area contributed by atoms with Crippen LogP contribution in [0.5, 0.6) is 5.75 Å². The molecule has 2 aromatic carbocycles. The summed E-state index contributed by atoms with van der Waals surface area (Å²) >= 11 is 14.8. The van der Waals surface area contributed by atoms with Crippen molar-refractivity contribution in [2.24, 2.45) is 0 Å². The van der Waals surface area contributed by atoms with Crippen molar-refractivity contribution in [1.82, 2.24) is 19.7 Å². The number of halogens is 2. The fourth-order valence-electron chi connectivity index (χ4n) is 3.08. The Kier molecular flexibility index (Phi) is 8.10. The summed E-state index contributed by atoms with van der Waals surface area (Å²) in [6, 6.07) is 13.0. The zero-order chi connectivity index (χ0) is 24.1. The highest BCUT2D eigenvalue weighted by atomic mass is 35.5. The van der Waals surface area contributed by atoms with Crippen LogP contribution in [0.3, 0.4) is 0 Å². The Bertz CT molecular complexity index is 1290. The Morgan fingerprint density at radius 1 is 1.18 bits per heavy atom. The molecule has 0 aliphatic heterocycles. The second-order valence-corrected chi connectivity index (χ2v) is 9.89. The molecule has 7 nitrogen and oxygen atoms in total. The number of ether oxygens (including phenoxy) is 1. The largest absolute Gasteiger partial charge is 0.484 e. The summed E-state index contributed by atoms with van der Waals surface area (Å²) in [4.78, 5) is 17.0. The molecule has 4 aromatic rings. The van der Waals surface area contributed by atoms with Gasteiger partial charge in [-0.25, -0.2) is 4.98 Å². The summed E-state index contributed by atoms with van der Waals surface area (Å²) in [6.07, 6.45) is 0. The van der Waals surface area contributed by atoms with Crippen LogP contribution in [0.15, 0.2) is 53.0 Å². The first kappa shape index (κ1) is 24.5. The molecule has 34 heavy (non-hydrogen) atoms. The van der Waals surface area contributed by atoms with Gasteiger partial charge in [0.05, 0.1) is 16.5 Å². The van der Waals surface area contributed by atoms with Gasteiger partial charge in [0, 0.05) is 22.5 Å². The van der Waals surface area contributed by atoms with E-state index in [1.807, 2.05) is 60.2 Å². The van der Waals surface area contributed by atoms with E-state index >= 15 is 0 Å². The highest BCUT2D eigenvalue weighted by Gasteiger charge is 2.15. The van der Waals surface area contributed by atoms with Gasteiger partial charge in [0.2, 0.25) is 5.91 Å². The highest BCUT2D eigenvalue weighted by Crippen LogP contribution is 2.28. The average Bonchev–Trinajstić information content (AvgIpc) is 3.45. The lowest BCUT2D eigenvalue weighted by Gasteiger charge is -2.10. The molecule has 0 atom stereocenters. The van der Waals surface area contributed by atoms with E-state index < -0.39 is 0 Å². The van der Waals surface area contributed by atoms with Crippen LogP contribution in [0.4, 0.5) is 5.13 Å². The number of rotatable bonds is 9. The van der Waals surface area contributed by atoms with E-state index in [2.05, 4.69) is 20.5 Å². The first-order chi connectivity index (χ1) is 16.4. The molecule has 0 fully saturated rings. The monoisotopic (exact) mass is 533 g/mol. The number of carbonyl (C=O) groups excluding carboxylic acids is 1. The molecule has 1 N–H and O–H groups in total. The van der Waals surface area contributed by atoms with Crippen molar-refractivity contribution >= 4 is 57.3 Å². The van der Waals surface area contributed by atoms with Crippen molar-refractivity contribution in [3.63, 3.8) is 0 Å². The van der Waals surface area contributed by atoms with E-state index in [-0.39, 0.29) is 18.3 Å². The number of aromatic nitrogens is 4. The van der Waals surface area contributed by atoms with Crippen LogP contribution in [0.25, 0.3) is 11.3 Å². The molecule has 2 aromatic heterocycles. The predicted molar refractivity (Wildman–Crippen MR) is 138 cm³/mol. The van der Waals surface area contributed by atoms with Crippen LogP contribution in [0.2, 0.25) is 10.0 Å². The topological polar surface area (TPSA) is 81.9 Å². The maximum Gasteiger partial charge on any atom is 0.236 e. The van der Waals surface area contributed by atoms with E-state index in [0.717, 1.165) is 16.8 Å². The normalized spacial score (nSPS) is 10.9. The van der Waals surface area contributed by atoms with Crippen molar-refractivity contribution in [3.05, 3.63) is 69.3 Å². The van der Waals surface area contributed by atoms with E-state index in [4.69, 9.17) is 27.9 Å². The lowest BCUT2D eigenvalue weighted by Crippen LogP contribution is -2.14. The van der Waals surface area contributed by atoms with Crippen LogP contribution in [-0.4, -0.2) is 31.4 Å². The second kappa shape index (κ2) is 11.2. The number of thiazole rings is 1. The molecule has 0 saturated carbocycles. The Balaban J connectivity index is 1.33. The molecule has 0 saturated heterocycles. The average molecular weight is 534 g/mol. The van der Waals surface area contributed by atoms with Gasteiger partial charge in [0.25, 0.3) is 0 Å². The minimum atomic E-state index is -0.169. The molecule has 0 aliphatic rings. The number of anilines is 1. The molecule has 2 heterocycles. The van der Waals surface area contributed by atoms with Crippen LogP contribution in [0.1, 0.15) is 18.3 Å². The van der Waals surface area contributed by atoms with Gasteiger partial charge in [0.1, 0.15) is 12.4 Å². The third kappa shape index (κ3) is 6.09. The number of carbonyl (C=O) groups is 1. The smallest absolute Gasteiger partial charge is 0.236 e. The standard InChI is InChI=1S/C23H21Cl2N5O2S2/c1-3-30-20(11-32-19-10-14(2)4-9-17(19)25)28-29-23(30)34-13-21(31)27-22-26-18(12-33-22)15-5-7-16(24)8-6-15/h4-10,12H,3,11,13H2,1-2H3,(H,26,27,31). The van der Waals surface area contributed by atoms with Crippen molar-refractivity contribution in [2.75, 3.05) is 11.1 Å². The van der Waals surface area contributed by atoms with Gasteiger partial charge in [-0.05, 0) is 43.7 Å². The predicted octanol–water partition coefficient (Wildman–Crippen LogP) is 6.35. The summed E-state index contributed by atoms with van der Waals surface area (Å²) in [7, 11) is 0. The quantitative estimate of drug-likeness (QED) is 0.252. The van der Waals surface area contributed by atoms with Crippen molar-refractivity contribution in [1.29, 1.82) is 0 Å². The maximum atomic E-state index is 12.5. The number of hydrogen-bond donors (Lipinski definition) is 1. The van der Waals surface area contributed by atoms with Gasteiger partial charge in [0.15, 0.2) is 16.1 Å². The molecule has 0 unspecified atom stereocenters. The summed E-state index contributed by atoms with van der Waals surface area (Å²) < 4.78 is 7.77. The zero-order valence-corrected chi connectivity index (χ0v) is 21.6. The Morgan fingerprint density at radius 3 is 2.74 bits per heavy atom. The van der Waals surface area contributed by atoms with Crippen LogP contribution >= 0.6 is 46.3 Å².